The SMILES string of the molecule is CCOC(CCNC(=O)c1cc(C)ccc1N/N=C\C=N)OCC. The highest BCUT2D eigenvalue weighted by Crippen LogP contribution is 2.17. The molecular formula is C17H26N4O3. The van der Waals surface area contributed by atoms with Crippen LogP contribution in [0.2, 0.25) is 0 Å². The Morgan fingerprint density at radius 2 is 2.04 bits per heavy atom. The monoisotopic (exact) mass is 334 g/mol. The van der Waals surface area contributed by atoms with Crippen molar-refractivity contribution in [2.45, 2.75) is 33.5 Å². The van der Waals surface area contributed by atoms with Crippen LogP contribution in [-0.4, -0.2) is 44.4 Å². The minimum absolute atomic E-state index is 0.196. The third-order valence-electron chi connectivity index (χ3n) is 3.12. The maximum Gasteiger partial charge on any atom is 0.253 e. The number of hydrogen-bond acceptors (Lipinski definition) is 6. The van der Waals surface area contributed by atoms with Gasteiger partial charge in [0, 0.05) is 32.4 Å². The summed E-state index contributed by atoms with van der Waals surface area (Å²) in [5.74, 6) is -0.196. The minimum Gasteiger partial charge on any atom is -0.353 e. The van der Waals surface area contributed by atoms with Crippen LogP contribution in [0.15, 0.2) is 23.3 Å². The van der Waals surface area contributed by atoms with Crippen molar-refractivity contribution in [3.8, 4) is 0 Å². The largest absolute Gasteiger partial charge is 0.353 e. The first-order valence-electron chi connectivity index (χ1n) is 8.02. The molecule has 0 radical (unpaired) electrons. The van der Waals surface area contributed by atoms with Crippen LogP contribution in [0, 0.1) is 12.3 Å². The molecule has 0 saturated carbocycles. The van der Waals surface area contributed by atoms with Gasteiger partial charge in [0.25, 0.3) is 5.91 Å². The molecule has 0 aliphatic rings. The van der Waals surface area contributed by atoms with E-state index in [1.54, 1.807) is 12.1 Å². The standard InChI is InChI=1S/C17H26N4O3/c1-4-23-16(24-5-2)8-10-19-17(22)14-12-13(3)6-7-15(14)21-20-11-9-18/h6-7,9,11-12,16,18,21H,4-5,8,10H2,1-3H3,(H,19,22)/b18-9?,20-11-. The van der Waals surface area contributed by atoms with Crippen molar-refractivity contribution in [3.05, 3.63) is 29.3 Å². The highest BCUT2D eigenvalue weighted by atomic mass is 16.7. The fourth-order valence-electron chi connectivity index (χ4n) is 2.07. The van der Waals surface area contributed by atoms with Gasteiger partial charge in [-0.2, -0.15) is 5.10 Å². The smallest absolute Gasteiger partial charge is 0.253 e. The molecule has 3 N–H and O–H groups in total. The van der Waals surface area contributed by atoms with Gasteiger partial charge in [-0.25, -0.2) is 0 Å². The van der Waals surface area contributed by atoms with Gasteiger partial charge < -0.3 is 20.2 Å². The van der Waals surface area contributed by atoms with Crippen molar-refractivity contribution in [3.63, 3.8) is 0 Å². The summed E-state index contributed by atoms with van der Waals surface area (Å²) in [6.07, 6.45) is 2.62. The Labute approximate surface area is 142 Å². The van der Waals surface area contributed by atoms with Crippen molar-refractivity contribution in [1.82, 2.24) is 5.32 Å². The van der Waals surface area contributed by atoms with Crippen molar-refractivity contribution in [2.24, 2.45) is 5.10 Å². The normalized spacial score (nSPS) is 11.0. The fourth-order valence-corrected chi connectivity index (χ4v) is 2.07. The highest BCUT2D eigenvalue weighted by Gasteiger charge is 2.13. The van der Waals surface area contributed by atoms with E-state index in [0.29, 0.717) is 37.4 Å². The lowest BCUT2D eigenvalue weighted by atomic mass is 10.1. The first-order chi connectivity index (χ1) is 11.6. The van der Waals surface area contributed by atoms with Gasteiger partial charge in [0.15, 0.2) is 6.29 Å². The molecule has 0 aliphatic carbocycles. The molecule has 1 amide bonds. The van der Waals surface area contributed by atoms with E-state index in [9.17, 15) is 4.79 Å². The van der Waals surface area contributed by atoms with Crippen molar-refractivity contribution < 1.29 is 14.3 Å². The molecule has 0 bridgehead atoms. The van der Waals surface area contributed by atoms with Crippen molar-refractivity contribution in [2.75, 3.05) is 25.2 Å². The third-order valence-corrected chi connectivity index (χ3v) is 3.12. The lowest BCUT2D eigenvalue weighted by Gasteiger charge is -2.17. The van der Waals surface area contributed by atoms with Gasteiger partial charge in [-0.3, -0.25) is 10.2 Å². The zero-order valence-corrected chi connectivity index (χ0v) is 14.5. The molecule has 0 spiro atoms. The Balaban J connectivity index is 2.67. The summed E-state index contributed by atoms with van der Waals surface area (Å²) in [6.45, 7) is 7.31. The van der Waals surface area contributed by atoms with Crippen LogP contribution >= 0.6 is 0 Å². The van der Waals surface area contributed by atoms with E-state index in [2.05, 4.69) is 15.8 Å². The van der Waals surface area contributed by atoms with E-state index >= 15 is 0 Å². The fraction of sp³-hybridized carbons (Fsp3) is 0.471. The summed E-state index contributed by atoms with van der Waals surface area (Å²) >= 11 is 0. The Kier molecular flexibility index (Phi) is 9.33. The van der Waals surface area contributed by atoms with Crippen LogP contribution in [-0.2, 0) is 9.47 Å². The number of carbonyl (C=O) groups is 1. The number of anilines is 1. The molecular weight excluding hydrogens is 308 g/mol. The minimum atomic E-state index is -0.312. The van der Waals surface area contributed by atoms with Crippen LogP contribution in [0.5, 0.6) is 0 Å². The highest BCUT2D eigenvalue weighted by molar-refractivity contribution is 6.14. The van der Waals surface area contributed by atoms with Gasteiger partial charge in [0.1, 0.15) is 0 Å². The van der Waals surface area contributed by atoms with Crippen LogP contribution in [0.1, 0.15) is 36.2 Å². The summed E-state index contributed by atoms with van der Waals surface area (Å²) in [5, 5.41) is 13.6. The Morgan fingerprint density at radius 1 is 1.33 bits per heavy atom. The number of rotatable bonds is 11. The van der Waals surface area contributed by atoms with Crippen LogP contribution in [0.25, 0.3) is 0 Å². The molecule has 0 aliphatic heterocycles. The number of amides is 1. The van der Waals surface area contributed by atoms with Crippen molar-refractivity contribution in [1.29, 1.82) is 5.41 Å². The van der Waals surface area contributed by atoms with E-state index in [1.165, 1.54) is 6.21 Å². The summed E-state index contributed by atoms with van der Waals surface area (Å²) in [4.78, 5) is 12.4. The maximum absolute atomic E-state index is 12.4. The summed E-state index contributed by atoms with van der Waals surface area (Å²) in [7, 11) is 0. The molecule has 132 valence electrons. The maximum atomic E-state index is 12.4. The van der Waals surface area contributed by atoms with Gasteiger partial charge in [-0.1, -0.05) is 11.6 Å². The van der Waals surface area contributed by atoms with E-state index in [0.717, 1.165) is 11.8 Å². The quantitative estimate of drug-likeness (QED) is 0.329. The van der Waals surface area contributed by atoms with E-state index in [1.807, 2.05) is 26.8 Å². The summed E-state index contributed by atoms with van der Waals surface area (Å²) in [5.41, 5.74) is 4.83. The Morgan fingerprint density at radius 3 is 2.67 bits per heavy atom. The molecule has 1 aromatic carbocycles. The van der Waals surface area contributed by atoms with Gasteiger partial charge >= 0.3 is 0 Å². The first kappa shape index (κ1) is 19.8. The third kappa shape index (κ3) is 6.89. The van der Waals surface area contributed by atoms with E-state index < -0.39 is 0 Å². The van der Waals surface area contributed by atoms with Gasteiger partial charge in [-0.05, 0) is 32.9 Å². The van der Waals surface area contributed by atoms with Crippen LogP contribution in [0.3, 0.4) is 0 Å². The van der Waals surface area contributed by atoms with Gasteiger partial charge in [0.05, 0.1) is 17.5 Å². The molecule has 0 heterocycles. The lowest BCUT2D eigenvalue weighted by molar-refractivity contribution is -0.138. The number of aryl methyl sites for hydroxylation is 1. The number of nitrogens with one attached hydrogen (secondary N) is 3. The van der Waals surface area contributed by atoms with Crippen LogP contribution in [0.4, 0.5) is 5.69 Å². The molecule has 7 nitrogen and oxygen atoms in total. The molecule has 7 heteroatoms. The topological polar surface area (TPSA) is 95.8 Å². The number of carbonyl (C=O) groups excluding carboxylic acids is 1. The number of hydrazone groups is 1. The Bertz CT molecular complexity index is 555. The summed E-state index contributed by atoms with van der Waals surface area (Å²) in [6, 6.07) is 5.47. The zero-order valence-electron chi connectivity index (χ0n) is 14.5. The second-order valence-electron chi connectivity index (χ2n) is 4.99. The number of nitrogens with zero attached hydrogens (tertiary/aromatic N) is 1. The zero-order chi connectivity index (χ0) is 17.8. The number of benzene rings is 1. The van der Waals surface area contributed by atoms with Gasteiger partial charge in [0.2, 0.25) is 0 Å². The average molecular weight is 334 g/mol. The first-order valence-corrected chi connectivity index (χ1v) is 8.02. The number of hydrogen-bond donors (Lipinski definition) is 3. The Hall–Kier alpha value is -2.25. The predicted octanol–water partition coefficient (Wildman–Crippen LogP) is 2.56. The predicted molar refractivity (Wildman–Crippen MR) is 96.1 cm³/mol. The molecule has 0 fully saturated rings. The van der Waals surface area contributed by atoms with E-state index in [-0.39, 0.29) is 12.2 Å². The molecule has 0 aromatic heterocycles. The molecule has 1 rings (SSSR count). The molecule has 0 unspecified atom stereocenters. The number of ether oxygens (including phenoxy) is 2. The second kappa shape index (κ2) is 11.3. The average Bonchev–Trinajstić information content (AvgIpc) is 2.56. The molecule has 0 atom stereocenters. The molecule has 24 heavy (non-hydrogen) atoms. The molecule has 0 saturated heterocycles. The lowest BCUT2D eigenvalue weighted by Crippen LogP contribution is -2.29. The van der Waals surface area contributed by atoms with Gasteiger partial charge in [-0.15, -0.1) is 0 Å². The van der Waals surface area contributed by atoms with Crippen molar-refractivity contribution >= 4 is 24.0 Å². The van der Waals surface area contributed by atoms with Crippen LogP contribution < -0.4 is 10.7 Å². The van der Waals surface area contributed by atoms with E-state index in [4.69, 9.17) is 14.9 Å². The second-order valence-corrected chi connectivity index (χ2v) is 4.99. The molecule has 1 aromatic rings. The summed E-state index contributed by atoms with van der Waals surface area (Å²) < 4.78 is 10.9.